The smallest absolute Gasteiger partial charge is 0.210 e. The monoisotopic (exact) mass is 561 g/mol. The fourth-order valence-electron chi connectivity index (χ4n) is 6.59. The molecule has 2 aliphatic heterocycles. The highest BCUT2D eigenvalue weighted by molar-refractivity contribution is 6.05. The maximum atomic E-state index is 11.6. The largest absolute Gasteiger partial charge is 0.507 e. The Morgan fingerprint density at radius 3 is 2.12 bits per heavy atom. The Bertz CT molecular complexity index is 1740. The molecule has 5 rings (SSSR count). The molecular formula is C35H37N4O3+. The summed E-state index contributed by atoms with van der Waals surface area (Å²) in [5.74, 6) is 1.64. The Kier molecular flexibility index (Phi) is 7.03. The molecule has 2 aromatic carbocycles. The molecule has 7 nitrogen and oxygen atoms in total. The molecule has 3 aliphatic rings. The maximum absolute atomic E-state index is 11.6. The van der Waals surface area contributed by atoms with Gasteiger partial charge in [-0.3, -0.25) is 0 Å². The van der Waals surface area contributed by atoms with Crippen LogP contribution in [-0.2, 0) is 10.8 Å². The first-order valence-corrected chi connectivity index (χ1v) is 14.2. The van der Waals surface area contributed by atoms with Crippen LogP contribution < -0.4 is 14.4 Å². The molecule has 2 aromatic rings. The number of nitriles is 2. The van der Waals surface area contributed by atoms with Gasteiger partial charge in [-0.25, -0.2) is 0 Å². The second kappa shape index (κ2) is 10.3. The minimum absolute atomic E-state index is 0.0254. The number of hydrogen-bond donors (Lipinski definition) is 1. The van der Waals surface area contributed by atoms with Gasteiger partial charge in [0.2, 0.25) is 5.69 Å². The first-order chi connectivity index (χ1) is 20.0. The molecule has 214 valence electrons. The van der Waals surface area contributed by atoms with Gasteiger partial charge >= 0.3 is 0 Å². The van der Waals surface area contributed by atoms with Gasteiger partial charge < -0.3 is 19.5 Å². The first kappa shape index (κ1) is 28.8. The van der Waals surface area contributed by atoms with E-state index >= 15 is 0 Å². The van der Waals surface area contributed by atoms with Crippen molar-refractivity contribution in [2.75, 3.05) is 32.2 Å². The average Bonchev–Trinajstić information content (AvgIpc) is 3.34. The van der Waals surface area contributed by atoms with E-state index in [9.17, 15) is 15.6 Å². The van der Waals surface area contributed by atoms with E-state index in [-0.39, 0.29) is 11.3 Å². The predicted octanol–water partition coefficient (Wildman–Crippen LogP) is 6.90. The van der Waals surface area contributed by atoms with Crippen molar-refractivity contribution in [2.45, 2.75) is 52.4 Å². The predicted molar refractivity (Wildman–Crippen MR) is 165 cm³/mol. The van der Waals surface area contributed by atoms with E-state index in [4.69, 9.17) is 9.47 Å². The lowest BCUT2D eigenvalue weighted by atomic mass is 9.74. The summed E-state index contributed by atoms with van der Waals surface area (Å²) in [5.41, 5.74) is 6.97. The Balaban J connectivity index is 1.70. The summed E-state index contributed by atoms with van der Waals surface area (Å²) in [4.78, 5) is 2.21. The highest BCUT2D eigenvalue weighted by Crippen LogP contribution is 2.52. The van der Waals surface area contributed by atoms with Gasteiger partial charge in [0.1, 0.15) is 41.5 Å². The zero-order valence-electron chi connectivity index (χ0n) is 25.6. The molecular weight excluding hydrogens is 524 g/mol. The molecule has 0 radical (unpaired) electrons. The number of methoxy groups -OCH3 is 2. The lowest BCUT2D eigenvalue weighted by molar-refractivity contribution is -0.433. The second-order valence-electron chi connectivity index (χ2n) is 11.7. The van der Waals surface area contributed by atoms with Crippen LogP contribution in [0.1, 0.15) is 52.7 Å². The third-order valence-corrected chi connectivity index (χ3v) is 8.92. The van der Waals surface area contributed by atoms with Gasteiger partial charge in [-0.1, -0.05) is 13.8 Å². The number of allylic oxidation sites excluding steroid dienone is 6. The molecule has 2 heterocycles. The molecule has 0 atom stereocenters. The number of rotatable bonds is 6. The first-order valence-electron chi connectivity index (χ1n) is 14.2. The van der Waals surface area contributed by atoms with E-state index in [1.807, 2.05) is 24.3 Å². The van der Waals surface area contributed by atoms with Crippen LogP contribution in [0.4, 0.5) is 11.4 Å². The molecule has 0 amide bonds. The molecule has 1 N–H and O–H groups in total. The highest BCUT2D eigenvalue weighted by atomic mass is 16.5. The lowest BCUT2D eigenvalue weighted by Crippen LogP contribution is -2.30. The number of fused-ring (bicyclic) bond motifs is 2. The van der Waals surface area contributed by atoms with E-state index < -0.39 is 10.8 Å². The van der Waals surface area contributed by atoms with Crippen LogP contribution in [0.3, 0.4) is 0 Å². The minimum Gasteiger partial charge on any atom is -0.507 e. The number of benzene rings is 2. The van der Waals surface area contributed by atoms with E-state index in [0.717, 1.165) is 45.4 Å². The van der Waals surface area contributed by atoms with Crippen molar-refractivity contribution in [3.05, 3.63) is 93.4 Å². The number of aliphatic hydroxyl groups excluding tert-OH is 1. The fraction of sp³-hybridized carbons (Fsp3) is 0.343. The van der Waals surface area contributed by atoms with Crippen molar-refractivity contribution < 1.29 is 19.2 Å². The minimum atomic E-state index is -0.404. The molecule has 42 heavy (non-hydrogen) atoms. The quantitative estimate of drug-likeness (QED) is 0.305. The molecule has 0 saturated carbocycles. The topological polar surface area (TPSA) is 92.5 Å². The number of anilines is 1. The SMILES string of the molecule is CCN1/C(=C\C2=C(O)C(=C\C3=[N+](CC)c4ccc(OC)cc4C3(C)C)/C2=C(C#N)C#N)C(C)(C)c2cc(OC)ccc21. The van der Waals surface area contributed by atoms with Crippen LogP contribution in [0.15, 0.2) is 82.3 Å². The zero-order chi connectivity index (χ0) is 30.6. The van der Waals surface area contributed by atoms with Gasteiger partial charge in [-0.2, -0.15) is 15.1 Å². The standard InChI is InChI=1S/C35H36N4O3/c1-9-38-28-13-11-22(41-7)15-26(28)34(3,4)30(38)17-24-32(21(19-36)20-37)25(33(24)40)18-31-35(5,6)27-16-23(42-8)12-14-29(27)39(31)10-2/h11-18H,9-10H2,1-8H3/p+1. The normalized spacial score (nSPS) is 19.9. The maximum Gasteiger partial charge on any atom is 0.210 e. The Labute approximate surface area is 248 Å². The summed E-state index contributed by atoms with van der Waals surface area (Å²) in [6.07, 6.45) is 3.88. The van der Waals surface area contributed by atoms with Crippen molar-refractivity contribution >= 4 is 17.1 Å². The van der Waals surface area contributed by atoms with Gasteiger partial charge in [-0.05, 0) is 69.7 Å². The molecule has 0 saturated heterocycles. The van der Waals surface area contributed by atoms with Crippen LogP contribution in [-0.4, -0.2) is 42.7 Å². The molecule has 7 heteroatoms. The van der Waals surface area contributed by atoms with Gasteiger partial charge in [0.05, 0.1) is 19.6 Å². The zero-order valence-corrected chi connectivity index (χ0v) is 25.6. The second-order valence-corrected chi connectivity index (χ2v) is 11.7. The van der Waals surface area contributed by atoms with Crippen molar-refractivity contribution in [1.82, 2.24) is 0 Å². The van der Waals surface area contributed by atoms with Crippen molar-refractivity contribution in [3.63, 3.8) is 0 Å². The summed E-state index contributed by atoms with van der Waals surface area (Å²) in [5, 5.41) is 31.5. The van der Waals surface area contributed by atoms with E-state index in [1.165, 1.54) is 0 Å². The van der Waals surface area contributed by atoms with Gasteiger partial charge in [0, 0.05) is 57.8 Å². The number of ether oxygens (including phenoxy) is 2. The Morgan fingerprint density at radius 2 is 1.55 bits per heavy atom. The summed E-state index contributed by atoms with van der Waals surface area (Å²) < 4.78 is 13.2. The number of aliphatic hydroxyl groups is 1. The van der Waals surface area contributed by atoms with E-state index in [0.29, 0.717) is 29.8 Å². The van der Waals surface area contributed by atoms with Crippen LogP contribution in [0.5, 0.6) is 11.5 Å². The molecule has 0 spiro atoms. The summed E-state index contributed by atoms with van der Waals surface area (Å²) >= 11 is 0. The summed E-state index contributed by atoms with van der Waals surface area (Å²) in [6, 6.07) is 16.3. The number of nitrogens with zero attached hydrogens (tertiary/aromatic N) is 4. The Hall–Kier alpha value is -4.75. The van der Waals surface area contributed by atoms with Crippen molar-refractivity contribution in [1.29, 1.82) is 10.5 Å². The third kappa shape index (κ3) is 4.03. The van der Waals surface area contributed by atoms with Gasteiger partial charge in [0.25, 0.3) is 0 Å². The average molecular weight is 562 g/mol. The third-order valence-electron chi connectivity index (χ3n) is 8.92. The Morgan fingerprint density at radius 1 is 0.929 bits per heavy atom. The van der Waals surface area contributed by atoms with E-state index in [2.05, 4.69) is 87.4 Å². The lowest BCUT2D eigenvalue weighted by Gasteiger charge is -2.31. The van der Waals surface area contributed by atoms with Crippen LogP contribution in [0.25, 0.3) is 0 Å². The van der Waals surface area contributed by atoms with Crippen molar-refractivity contribution in [3.8, 4) is 23.6 Å². The van der Waals surface area contributed by atoms with Gasteiger partial charge in [0.15, 0.2) is 5.71 Å². The highest BCUT2D eigenvalue weighted by Gasteiger charge is 2.47. The van der Waals surface area contributed by atoms with Gasteiger partial charge in [-0.15, -0.1) is 0 Å². The number of hydrogen-bond acceptors (Lipinski definition) is 6. The number of likely N-dealkylation sites (N-methyl/N-ethyl adjacent to an activating group) is 1. The fourth-order valence-corrected chi connectivity index (χ4v) is 6.59. The van der Waals surface area contributed by atoms with Crippen LogP contribution in [0.2, 0.25) is 0 Å². The van der Waals surface area contributed by atoms with Crippen molar-refractivity contribution in [2.24, 2.45) is 0 Å². The molecule has 0 bridgehead atoms. The van der Waals surface area contributed by atoms with Crippen LogP contribution >= 0.6 is 0 Å². The summed E-state index contributed by atoms with van der Waals surface area (Å²) in [7, 11) is 3.31. The molecule has 0 unspecified atom stereocenters. The summed E-state index contributed by atoms with van der Waals surface area (Å²) in [6.45, 7) is 14.2. The van der Waals surface area contributed by atoms with E-state index in [1.54, 1.807) is 14.2 Å². The van der Waals surface area contributed by atoms with Crippen LogP contribution in [0, 0.1) is 22.7 Å². The molecule has 0 aromatic heterocycles. The molecule has 0 fully saturated rings. The molecule has 1 aliphatic carbocycles.